The average Bonchev–Trinajstić information content (AvgIpc) is 2.99. The van der Waals surface area contributed by atoms with Crippen molar-refractivity contribution in [2.24, 2.45) is 0 Å². The third-order valence-electron chi connectivity index (χ3n) is 6.68. The Hall–Kier alpha value is -4.42. The van der Waals surface area contributed by atoms with Gasteiger partial charge in [0, 0.05) is 31.6 Å². The minimum Gasteiger partial charge on any atom is -0.491 e. The van der Waals surface area contributed by atoms with Crippen LogP contribution in [0.2, 0.25) is 5.02 Å². The molecule has 0 aliphatic heterocycles. The highest BCUT2D eigenvalue weighted by atomic mass is 35.5. The largest absolute Gasteiger partial charge is 0.491 e. The van der Waals surface area contributed by atoms with Crippen LogP contribution in [-0.2, 0) is 9.47 Å². The number of benzene rings is 1. The lowest BCUT2D eigenvalue weighted by atomic mass is 9.93. The Kier molecular flexibility index (Phi) is 11.6. The van der Waals surface area contributed by atoms with Crippen LogP contribution in [-0.4, -0.2) is 65.9 Å². The number of nitrogens with zero attached hydrogens (tertiary/aromatic N) is 2. The summed E-state index contributed by atoms with van der Waals surface area (Å²) >= 11 is 5.89. The molecular formula is C32H38ClN5O7. The summed E-state index contributed by atoms with van der Waals surface area (Å²) in [6.07, 6.45) is 4.90. The third-order valence-corrected chi connectivity index (χ3v) is 6.91. The van der Waals surface area contributed by atoms with Crippen molar-refractivity contribution in [3.63, 3.8) is 0 Å². The van der Waals surface area contributed by atoms with E-state index >= 15 is 0 Å². The van der Waals surface area contributed by atoms with Gasteiger partial charge >= 0.3 is 6.09 Å². The van der Waals surface area contributed by atoms with Crippen molar-refractivity contribution in [2.45, 2.75) is 64.2 Å². The van der Waals surface area contributed by atoms with Gasteiger partial charge in [0.15, 0.2) is 5.69 Å². The van der Waals surface area contributed by atoms with E-state index < -0.39 is 23.5 Å². The molecule has 1 saturated carbocycles. The Balaban J connectivity index is 1.47. The Morgan fingerprint density at radius 2 is 1.73 bits per heavy atom. The lowest BCUT2D eigenvalue weighted by molar-refractivity contribution is 0.0469. The number of ether oxygens (including phenoxy) is 4. The van der Waals surface area contributed by atoms with Crippen LogP contribution in [0.3, 0.4) is 0 Å². The van der Waals surface area contributed by atoms with Crippen molar-refractivity contribution in [2.75, 3.05) is 31.0 Å². The summed E-state index contributed by atoms with van der Waals surface area (Å²) in [7, 11) is 1.58. The van der Waals surface area contributed by atoms with Crippen molar-refractivity contribution in [1.82, 2.24) is 15.3 Å². The van der Waals surface area contributed by atoms with Crippen LogP contribution >= 0.6 is 11.6 Å². The normalized spacial score (nSPS) is 16.3. The summed E-state index contributed by atoms with van der Waals surface area (Å²) < 4.78 is 22.6. The molecule has 3 aromatic rings. The highest BCUT2D eigenvalue weighted by Crippen LogP contribution is 2.31. The number of pyridine rings is 2. The van der Waals surface area contributed by atoms with Gasteiger partial charge in [-0.3, -0.25) is 9.59 Å². The maximum absolute atomic E-state index is 13.6. The van der Waals surface area contributed by atoms with Crippen molar-refractivity contribution >= 4 is 41.0 Å². The van der Waals surface area contributed by atoms with Crippen LogP contribution < -0.4 is 25.4 Å². The average molecular weight is 640 g/mol. The molecule has 3 N–H and O–H groups in total. The zero-order valence-electron chi connectivity index (χ0n) is 25.7. The van der Waals surface area contributed by atoms with Gasteiger partial charge in [0.2, 0.25) is 0 Å². The number of nitrogens with one attached hydrogen (secondary N) is 3. The quantitative estimate of drug-likeness (QED) is 0.219. The number of methoxy groups -OCH3 is 1. The fraction of sp³-hybridized carbons (Fsp3) is 0.406. The van der Waals surface area contributed by atoms with Gasteiger partial charge in [-0.25, -0.2) is 14.8 Å². The number of carbonyl (C=O) groups is 3. The molecule has 1 fully saturated rings. The maximum Gasteiger partial charge on any atom is 0.407 e. The molecule has 0 atom stereocenters. The maximum atomic E-state index is 13.6. The van der Waals surface area contributed by atoms with Gasteiger partial charge < -0.3 is 34.9 Å². The first kappa shape index (κ1) is 33.5. The van der Waals surface area contributed by atoms with E-state index in [1.54, 1.807) is 49.6 Å². The lowest BCUT2D eigenvalue weighted by Crippen LogP contribution is -2.42. The van der Waals surface area contributed by atoms with Crippen LogP contribution in [0.5, 0.6) is 11.5 Å². The molecule has 0 saturated heterocycles. The monoisotopic (exact) mass is 639 g/mol. The topological polar surface area (TPSA) is 150 Å². The zero-order valence-corrected chi connectivity index (χ0v) is 26.5. The van der Waals surface area contributed by atoms with Gasteiger partial charge in [-0.2, -0.15) is 0 Å². The Labute approximate surface area is 267 Å². The smallest absolute Gasteiger partial charge is 0.407 e. The molecule has 0 bridgehead atoms. The number of hydrogen-bond donors (Lipinski definition) is 3. The van der Waals surface area contributed by atoms with Crippen molar-refractivity contribution in [3.05, 3.63) is 71.1 Å². The van der Waals surface area contributed by atoms with Crippen LogP contribution in [0.25, 0.3) is 0 Å². The van der Waals surface area contributed by atoms with Gasteiger partial charge in [-0.1, -0.05) is 11.6 Å². The predicted molar refractivity (Wildman–Crippen MR) is 169 cm³/mol. The van der Waals surface area contributed by atoms with Gasteiger partial charge in [-0.15, -0.1) is 0 Å². The van der Waals surface area contributed by atoms with Crippen molar-refractivity contribution < 1.29 is 33.3 Å². The molecule has 1 aromatic carbocycles. The fourth-order valence-electron chi connectivity index (χ4n) is 4.60. The second kappa shape index (κ2) is 15.5. The number of aromatic nitrogens is 2. The first-order chi connectivity index (χ1) is 21.5. The standard InChI is InChI=1S/C32H38ClN5O7/c1-32(2,3)45-31(41)36-21-8-10-22(11-9-21)44-26-18-23(43-17-16-42-4)12-13-24(26)29(39)37-25-6-5-15-34-28(25)30(40)38-27-14-7-20(33)19-35-27/h5-7,12-15,18-19,21-22H,8-11,16-17H2,1-4H3,(H,36,41)(H,37,39)(H,35,38,40)/t21-,22+. The molecule has 4 rings (SSSR count). The highest BCUT2D eigenvalue weighted by Gasteiger charge is 2.27. The first-order valence-electron chi connectivity index (χ1n) is 14.6. The molecule has 12 nitrogen and oxygen atoms in total. The number of amides is 3. The second-order valence-electron chi connectivity index (χ2n) is 11.4. The van der Waals surface area contributed by atoms with E-state index in [9.17, 15) is 14.4 Å². The first-order valence-corrected chi connectivity index (χ1v) is 15.0. The third kappa shape index (κ3) is 10.3. The Morgan fingerprint density at radius 1 is 0.956 bits per heavy atom. The lowest BCUT2D eigenvalue weighted by Gasteiger charge is -2.30. The minimum atomic E-state index is -0.577. The van der Waals surface area contributed by atoms with Gasteiger partial charge in [0.25, 0.3) is 11.8 Å². The molecule has 1 aliphatic carbocycles. The van der Waals surface area contributed by atoms with E-state index in [1.807, 2.05) is 20.8 Å². The Morgan fingerprint density at radius 3 is 2.42 bits per heavy atom. The summed E-state index contributed by atoms with van der Waals surface area (Å²) in [5.41, 5.74) is -0.126. The van der Waals surface area contributed by atoms with Crippen LogP contribution in [0.1, 0.15) is 67.3 Å². The van der Waals surface area contributed by atoms with Gasteiger partial charge in [0.1, 0.15) is 29.5 Å². The van der Waals surface area contributed by atoms with E-state index in [0.717, 1.165) is 0 Å². The molecule has 240 valence electrons. The molecule has 1 aliphatic rings. The van der Waals surface area contributed by atoms with E-state index in [0.29, 0.717) is 55.4 Å². The summed E-state index contributed by atoms with van der Waals surface area (Å²) in [6.45, 7) is 6.17. The van der Waals surface area contributed by atoms with Gasteiger partial charge in [0.05, 0.1) is 29.0 Å². The van der Waals surface area contributed by atoms with E-state index in [-0.39, 0.29) is 34.9 Å². The van der Waals surface area contributed by atoms with Crippen molar-refractivity contribution in [1.29, 1.82) is 0 Å². The molecule has 45 heavy (non-hydrogen) atoms. The van der Waals surface area contributed by atoms with E-state index in [4.69, 9.17) is 30.5 Å². The molecule has 2 aromatic heterocycles. The van der Waals surface area contributed by atoms with Crippen molar-refractivity contribution in [3.8, 4) is 11.5 Å². The Bertz CT molecular complexity index is 1470. The summed E-state index contributed by atoms with van der Waals surface area (Å²) in [4.78, 5) is 47.1. The number of anilines is 2. The van der Waals surface area contributed by atoms with Crippen LogP contribution in [0.4, 0.5) is 16.3 Å². The molecule has 13 heteroatoms. The highest BCUT2D eigenvalue weighted by molar-refractivity contribution is 6.30. The molecular weight excluding hydrogens is 602 g/mol. The summed E-state index contributed by atoms with van der Waals surface area (Å²) in [5.74, 6) is 0.0568. The molecule has 0 radical (unpaired) electrons. The number of halogens is 1. The second-order valence-corrected chi connectivity index (χ2v) is 11.8. The summed E-state index contributed by atoms with van der Waals surface area (Å²) in [6, 6.07) is 11.3. The fourth-order valence-corrected chi connectivity index (χ4v) is 4.71. The SMILES string of the molecule is COCCOc1ccc(C(=O)Nc2cccnc2C(=O)Nc2ccc(Cl)cn2)c(O[C@H]2CC[C@@H](NC(=O)OC(C)(C)C)CC2)c1. The zero-order chi connectivity index (χ0) is 32.4. The predicted octanol–water partition coefficient (Wildman–Crippen LogP) is 5.87. The van der Waals surface area contributed by atoms with Crippen LogP contribution in [0.15, 0.2) is 54.9 Å². The van der Waals surface area contributed by atoms with E-state index in [1.165, 1.54) is 12.4 Å². The van der Waals surface area contributed by atoms with E-state index in [2.05, 4.69) is 25.9 Å². The molecule has 2 heterocycles. The summed E-state index contributed by atoms with van der Waals surface area (Å²) in [5, 5.41) is 8.80. The molecule has 0 spiro atoms. The van der Waals surface area contributed by atoms with Crippen LogP contribution in [0, 0.1) is 0 Å². The molecule has 0 unspecified atom stereocenters. The number of rotatable bonds is 11. The number of carbonyl (C=O) groups excluding carboxylic acids is 3. The van der Waals surface area contributed by atoms with Gasteiger partial charge in [-0.05, 0) is 82.9 Å². The number of alkyl carbamates (subject to hydrolysis) is 1. The minimum absolute atomic E-state index is 0.000368. The molecule has 3 amide bonds. The number of hydrogen-bond acceptors (Lipinski definition) is 9.